The van der Waals surface area contributed by atoms with Crippen molar-refractivity contribution in [2.24, 2.45) is 0 Å². The molecule has 0 radical (unpaired) electrons. The van der Waals surface area contributed by atoms with Crippen LogP contribution in [-0.2, 0) is 19.0 Å². The van der Waals surface area contributed by atoms with Crippen molar-refractivity contribution < 1.29 is 19.0 Å². The summed E-state index contributed by atoms with van der Waals surface area (Å²) in [7, 11) is 2.91. The summed E-state index contributed by atoms with van der Waals surface area (Å²) >= 11 is 0. The third-order valence-corrected chi connectivity index (χ3v) is 2.18. The van der Waals surface area contributed by atoms with E-state index < -0.39 is 5.60 Å². The van der Waals surface area contributed by atoms with Crippen molar-refractivity contribution in [1.29, 1.82) is 0 Å². The van der Waals surface area contributed by atoms with Crippen LogP contribution in [-0.4, -0.2) is 32.2 Å². The zero-order chi connectivity index (χ0) is 11.5. The second-order valence-electron chi connectivity index (χ2n) is 3.37. The maximum Gasteiger partial charge on any atom is 0.261 e. The molecule has 0 atom stereocenters. The summed E-state index contributed by atoms with van der Waals surface area (Å²) in [4.78, 5) is 11.6. The number of carbonyl (C=O) groups is 1. The molecule has 1 aliphatic rings. The van der Waals surface area contributed by atoms with Gasteiger partial charge in [-0.25, -0.2) is 0 Å². The van der Waals surface area contributed by atoms with Crippen LogP contribution in [0.3, 0.4) is 0 Å². The van der Waals surface area contributed by atoms with Gasteiger partial charge in [0.2, 0.25) is 0 Å². The minimum Gasteiger partial charge on any atom is -0.493 e. The van der Waals surface area contributed by atoms with Gasteiger partial charge >= 0.3 is 0 Å². The first kappa shape index (κ1) is 11.8. The van der Waals surface area contributed by atoms with Crippen LogP contribution in [0.25, 0.3) is 0 Å². The lowest BCUT2D eigenvalue weighted by atomic mass is 9.97. The quantitative estimate of drug-likeness (QED) is 0.707. The van der Waals surface area contributed by atoms with E-state index in [1.807, 2.05) is 13.8 Å². The number of ketones is 1. The first-order chi connectivity index (χ1) is 7.06. The lowest BCUT2D eigenvalue weighted by Crippen LogP contribution is -2.31. The zero-order valence-corrected chi connectivity index (χ0v) is 9.49. The van der Waals surface area contributed by atoms with Crippen LogP contribution in [0.15, 0.2) is 23.7 Å². The highest BCUT2D eigenvalue weighted by molar-refractivity contribution is 6.06. The Balaban J connectivity index is 3.05. The van der Waals surface area contributed by atoms with Crippen molar-refractivity contribution in [3.05, 3.63) is 23.7 Å². The molecule has 0 bridgehead atoms. The van der Waals surface area contributed by atoms with Gasteiger partial charge in [0.1, 0.15) is 5.60 Å². The minimum absolute atomic E-state index is 0.253. The number of methoxy groups -OCH3 is 2. The molecule has 0 saturated carbocycles. The van der Waals surface area contributed by atoms with E-state index >= 15 is 0 Å². The Bertz CT molecular complexity index is 291. The molecule has 0 fully saturated rings. The standard InChI is InChI=1S/C11H16O4/c1-5-15-11(2)6-8(13-3)10(12)9(7-11)14-4/h6-7H,5H2,1-4H3. The molecule has 1 rings (SSSR count). The molecule has 0 aromatic heterocycles. The summed E-state index contributed by atoms with van der Waals surface area (Å²) in [6.07, 6.45) is 3.31. The molecule has 0 saturated heterocycles. The molecular weight excluding hydrogens is 196 g/mol. The molecule has 0 N–H and O–H groups in total. The van der Waals surface area contributed by atoms with Gasteiger partial charge in [0, 0.05) is 6.61 Å². The Morgan fingerprint density at radius 1 is 1.20 bits per heavy atom. The molecule has 0 aliphatic heterocycles. The Hall–Kier alpha value is -1.29. The topological polar surface area (TPSA) is 44.8 Å². The van der Waals surface area contributed by atoms with Gasteiger partial charge in [-0.05, 0) is 26.0 Å². The fourth-order valence-corrected chi connectivity index (χ4v) is 1.51. The monoisotopic (exact) mass is 212 g/mol. The predicted octanol–water partition coefficient (Wildman–Crippen LogP) is 1.42. The fourth-order valence-electron chi connectivity index (χ4n) is 1.51. The SMILES string of the molecule is CCOC1(C)C=C(OC)C(=O)C(OC)=C1. The number of hydrogen-bond donors (Lipinski definition) is 0. The summed E-state index contributed by atoms with van der Waals surface area (Å²) in [5, 5.41) is 0. The second-order valence-corrected chi connectivity index (χ2v) is 3.37. The van der Waals surface area contributed by atoms with Crippen LogP contribution in [0.5, 0.6) is 0 Å². The molecule has 0 amide bonds. The third-order valence-electron chi connectivity index (χ3n) is 2.18. The largest absolute Gasteiger partial charge is 0.493 e. The minimum atomic E-state index is -0.640. The lowest BCUT2D eigenvalue weighted by molar-refractivity contribution is -0.118. The molecule has 4 heteroatoms. The maximum absolute atomic E-state index is 11.6. The smallest absolute Gasteiger partial charge is 0.261 e. The Morgan fingerprint density at radius 3 is 2.00 bits per heavy atom. The van der Waals surface area contributed by atoms with E-state index in [0.717, 1.165) is 0 Å². The average Bonchev–Trinajstić information content (AvgIpc) is 2.21. The Morgan fingerprint density at radius 2 is 1.67 bits per heavy atom. The van der Waals surface area contributed by atoms with Gasteiger partial charge in [0.15, 0.2) is 11.5 Å². The van der Waals surface area contributed by atoms with Crippen molar-refractivity contribution in [2.75, 3.05) is 20.8 Å². The van der Waals surface area contributed by atoms with Crippen LogP contribution in [0.2, 0.25) is 0 Å². The van der Waals surface area contributed by atoms with Gasteiger partial charge in [-0.15, -0.1) is 0 Å². The Kier molecular flexibility index (Phi) is 3.52. The van der Waals surface area contributed by atoms with Crippen LogP contribution >= 0.6 is 0 Å². The van der Waals surface area contributed by atoms with Crippen molar-refractivity contribution >= 4 is 5.78 Å². The van der Waals surface area contributed by atoms with Gasteiger partial charge in [0.05, 0.1) is 14.2 Å². The third kappa shape index (κ3) is 2.39. The molecule has 4 nitrogen and oxygen atoms in total. The first-order valence-corrected chi connectivity index (χ1v) is 4.78. The summed E-state index contributed by atoms with van der Waals surface area (Å²) in [5.74, 6) is 0.257. The Labute approximate surface area is 89.5 Å². The van der Waals surface area contributed by atoms with E-state index in [1.165, 1.54) is 14.2 Å². The second kappa shape index (κ2) is 4.49. The number of Topliss-reactive ketones (excluding diaryl/α,β-unsaturated/α-hetero) is 1. The van der Waals surface area contributed by atoms with Gasteiger partial charge in [-0.1, -0.05) is 0 Å². The summed E-state index contributed by atoms with van der Waals surface area (Å²) in [6.45, 7) is 4.29. The first-order valence-electron chi connectivity index (χ1n) is 4.78. The fraction of sp³-hybridized carbons (Fsp3) is 0.545. The highest BCUT2D eigenvalue weighted by atomic mass is 16.5. The lowest BCUT2D eigenvalue weighted by Gasteiger charge is -2.27. The molecule has 15 heavy (non-hydrogen) atoms. The van der Waals surface area contributed by atoms with E-state index in [9.17, 15) is 4.79 Å². The molecule has 84 valence electrons. The van der Waals surface area contributed by atoms with E-state index in [1.54, 1.807) is 12.2 Å². The van der Waals surface area contributed by atoms with Crippen LogP contribution < -0.4 is 0 Å². The number of hydrogen-bond acceptors (Lipinski definition) is 4. The molecule has 0 aromatic rings. The van der Waals surface area contributed by atoms with E-state index in [4.69, 9.17) is 14.2 Å². The average molecular weight is 212 g/mol. The molecule has 0 aromatic carbocycles. The molecule has 0 heterocycles. The van der Waals surface area contributed by atoms with Crippen molar-refractivity contribution in [3.63, 3.8) is 0 Å². The van der Waals surface area contributed by atoms with Crippen molar-refractivity contribution in [1.82, 2.24) is 0 Å². The van der Waals surface area contributed by atoms with Gasteiger partial charge in [-0.2, -0.15) is 0 Å². The molecule has 0 unspecified atom stereocenters. The van der Waals surface area contributed by atoms with Gasteiger partial charge in [-0.3, -0.25) is 4.79 Å². The van der Waals surface area contributed by atoms with Gasteiger partial charge < -0.3 is 14.2 Å². The number of ether oxygens (including phenoxy) is 3. The molecule has 1 aliphatic carbocycles. The van der Waals surface area contributed by atoms with E-state index in [-0.39, 0.29) is 17.3 Å². The van der Waals surface area contributed by atoms with E-state index in [0.29, 0.717) is 6.61 Å². The summed E-state index contributed by atoms with van der Waals surface area (Å²) < 4.78 is 15.5. The van der Waals surface area contributed by atoms with Crippen LogP contribution in [0.1, 0.15) is 13.8 Å². The van der Waals surface area contributed by atoms with Crippen molar-refractivity contribution in [2.45, 2.75) is 19.4 Å². The van der Waals surface area contributed by atoms with Crippen LogP contribution in [0.4, 0.5) is 0 Å². The maximum atomic E-state index is 11.6. The predicted molar refractivity (Wildman–Crippen MR) is 55.2 cm³/mol. The normalized spacial score (nSPS) is 19.3. The van der Waals surface area contributed by atoms with Crippen molar-refractivity contribution in [3.8, 4) is 0 Å². The number of rotatable bonds is 4. The van der Waals surface area contributed by atoms with Gasteiger partial charge in [0.25, 0.3) is 5.78 Å². The van der Waals surface area contributed by atoms with Crippen LogP contribution in [0, 0.1) is 0 Å². The summed E-state index contributed by atoms with van der Waals surface area (Å²) in [6, 6.07) is 0. The molecular formula is C11H16O4. The number of carbonyl (C=O) groups excluding carboxylic acids is 1. The summed E-state index contributed by atoms with van der Waals surface area (Å²) in [5.41, 5.74) is -0.640. The van der Waals surface area contributed by atoms with E-state index in [2.05, 4.69) is 0 Å². The highest BCUT2D eigenvalue weighted by Crippen LogP contribution is 2.26. The molecule has 0 spiro atoms. The highest BCUT2D eigenvalue weighted by Gasteiger charge is 2.32. The zero-order valence-electron chi connectivity index (χ0n) is 9.49.